The van der Waals surface area contributed by atoms with E-state index in [-0.39, 0.29) is 17.4 Å². The van der Waals surface area contributed by atoms with E-state index in [0.717, 1.165) is 5.69 Å². The highest BCUT2D eigenvalue weighted by Gasteiger charge is 2.38. The van der Waals surface area contributed by atoms with Crippen LogP contribution in [0.5, 0.6) is 0 Å². The molecule has 0 unspecified atom stereocenters. The Hall–Kier alpha value is -2.49. The molecule has 1 amide bonds. The maximum absolute atomic E-state index is 13.7. The van der Waals surface area contributed by atoms with Crippen LogP contribution in [0.2, 0.25) is 0 Å². The Bertz CT molecular complexity index is 985. The summed E-state index contributed by atoms with van der Waals surface area (Å²) in [5.74, 6) is -0.835. The Kier molecular flexibility index (Phi) is 8.39. The Morgan fingerprint density at radius 1 is 1.12 bits per heavy atom. The second kappa shape index (κ2) is 10.4. The van der Waals surface area contributed by atoms with Crippen LogP contribution in [0, 0.1) is 5.92 Å². The van der Waals surface area contributed by atoms with Gasteiger partial charge in [-0.2, -0.15) is 4.31 Å². The molecule has 1 aromatic carbocycles. The average molecular weight is 463 g/mol. The van der Waals surface area contributed by atoms with Gasteiger partial charge in [-0.05, 0) is 62.6 Å². The molecule has 0 aliphatic rings. The lowest BCUT2D eigenvalue weighted by Gasteiger charge is -2.33. The summed E-state index contributed by atoms with van der Waals surface area (Å²) >= 11 is 0. The maximum Gasteiger partial charge on any atom is 0.262 e. The molecule has 0 aliphatic heterocycles. The first kappa shape index (κ1) is 25.8. The van der Waals surface area contributed by atoms with E-state index in [0.29, 0.717) is 5.56 Å². The van der Waals surface area contributed by atoms with Crippen molar-refractivity contribution in [3.8, 4) is 0 Å². The van der Waals surface area contributed by atoms with Crippen molar-refractivity contribution < 1.29 is 18.0 Å². The maximum atomic E-state index is 13.7. The second-order valence-electron chi connectivity index (χ2n) is 9.17. The number of nitrogens with one attached hydrogen (secondary N) is 1. The molecular formula is C23H34N4O4S. The van der Waals surface area contributed by atoms with Crippen LogP contribution in [0.4, 0.5) is 5.69 Å². The minimum atomic E-state index is -4.01. The van der Waals surface area contributed by atoms with Crippen molar-refractivity contribution in [3.63, 3.8) is 0 Å². The number of pyridine rings is 1. The van der Waals surface area contributed by atoms with E-state index in [4.69, 9.17) is 4.84 Å². The van der Waals surface area contributed by atoms with Gasteiger partial charge in [0.15, 0.2) is 0 Å². The van der Waals surface area contributed by atoms with Gasteiger partial charge in [0.05, 0.1) is 10.5 Å². The number of carbonyl (C=O) groups excluding carboxylic acids is 1. The third kappa shape index (κ3) is 6.75. The second-order valence-corrected chi connectivity index (χ2v) is 11.1. The summed E-state index contributed by atoms with van der Waals surface area (Å²) in [6, 6.07) is 9.12. The normalized spacial score (nSPS) is 13.3. The van der Waals surface area contributed by atoms with Crippen LogP contribution in [0.25, 0.3) is 0 Å². The zero-order chi connectivity index (χ0) is 24.1. The van der Waals surface area contributed by atoms with Gasteiger partial charge in [0.2, 0.25) is 10.0 Å². The van der Waals surface area contributed by atoms with Crippen molar-refractivity contribution in [1.82, 2.24) is 14.8 Å². The molecule has 2 aromatic rings. The van der Waals surface area contributed by atoms with E-state index >= 15 is 0 Å². The lowest BCUT2D eigenvalue weighted by molar-refractivity contribution is -0.151. The third-order valence-corrected chi connectivity index (χ3v) is 6.53. The fraction of sp³-hybridized carbons (Fsp3) is 0.478. The van der Waals surface area contributed by atoms with Crippen LogP contribution in [0.15, 0.2) is 53.7 Å². The molecule has 0 bridgehead atoms. The molecule has 1 N–H and O–H groups in total. The highest BCUT2D eigenvalue weighted by Crippen LogP contribution is 2.26. The van der Waals surface area contributed by atoms with Gasteiger partial charge < -0.3 is 4.90 Å². The summed E-state index contributed by atoms with van der Waals surface area (Å²) in [4.78, 5) is 24.7. The first-order valence-corrected chi connectivity index (χ1v) is 11.9. The van der Waals surface area contributed by atoms with Crippen LogP contribution in [0.3, 0.4) is 0 Å². The summed E-state index contributed by atoms with van der Waals surface area (Å²) in [6.07, 6.45) is 3.21. The zero-order valence-corrected chi connectivity index (χ0v) is 20.7. The molecular weight excluding hydrogens is 428 g/mol. The molecule has 32 heavy (non-hydrogen) atoms. The van der Waals surface area contributed by atoms with E-state index in [1.807, 2.05) is 32.8 Å². The molecule has 0 aliphatic carbocycles. The van der Waals surface area contributed by atoms with Gasteiger partial charge in [0.1, 0.15) is 6.04 Å². The SMILES string of the molecule is CC(C)[C@H](C(=O)NOC(C)(C)C)N(Cc1cccnc1)S(=O)(=O)c1ccc(N(C)C)cc1. The van der Waals surface area contributed by atoms with Crippen molar-refractivity contribution in [2.45, 2.75) is 57.7 Å². The minimum absolute atomic E-state index is 0.00259. The van der Waals surface area contributed by atoms with E-state index in [2.05, 4.69) is 10.5 Å². The predicted octanol–water partition coefficient (Wildman–Crippen LogP) is 3.21. The highest BCUT2D eigenvalue weighted by molar-refractivity contribution is 7.89. The molecule has 1 atom stereocenters. The summed E-state index contributed by atoms with van der Waals surface area (Å²) in [5, 5.41) is 0. The lowest BCUT2D eigenvalue weighted by Crippen LogP contribution is -2.52. The number of aromatic nitrogens is 1. The van der Waals surface area contributed by atoms with Gasteiger partial charge in [0, 0.05) is 38.7 Å². The number of nitrogens with zero attached hydrogens (tertiary/aromatic N) is 3. The molecule has 8 nitrogen and oxygen atoms in total. The largest absolute Gasteiger partial charge is 0.378 e. The Labute approximate surface area is 191 Å². The third-order valence-electron chi connectivity index (χ3n) is 4.69. The van der Waals surface area contributed by atoms with Gasteiger partial charge in [-0.1, -0.05) is 19.9 Å². The number of anilines is 1. The van der Waals surface area contributed by atoms with Gasteiger partial charge in [-0.25, -0.2) is 13.9 Å². The van der Waals surface area contributed by atoms with Crippen LogP contribution >= 0.6 is 0 Å². The van der Waals surface area contributed by atoms with Crippen molar-refractivity contribution in [1.29, 1.82) is 0 Å². The lowest BCUT2D eigenvalue weighted by atomic mass is 10.0. The highest BCUT2D eigenvalue weighted by atomic mass is 32.2. The van der Waals surface area contributed by atoms with E-state index in [1.54, 1.807) is 69.6 Å². The predicted molar refractivity (Wildman–Crippen MR) is 125 cm³/mol. The Morgan fingerprint density at radius 2 is 1.75 bits per heavy atom. The number of hydrogen-bond acceptors (Lipinski definition) is 6. The number of carbonyl (C=O) groups is 1. The molecule has 9 heteroatoms. The van der Waals surface area contributed by atoms with Crippen LogP contribution < -0.4 is 10.4 Å². The van der Waals surface area contributed by atoms with Crippen molar-refractivity contribution >= 4 is 21.6 Å². The number of amides is 1. The van der Waals surface area contributed by atoms with Crippen molar-refractivity contribution in [2.75, 3.05) is 19.0 Å². The van der Waals surface area contributed by atoms with E-state index < -0.39 is 27.6 Å². The average Bonchev–Trinajstić information content (AvgIpc) is 2.71. The molecule has 1 heterocycles. The summed E-state index contributed by atoms with van der Waals surface area (Å²) in [7, 11) is -0.251. The number of hydroxylamine groups is 1. The molecule has 0 spiro atoms. The Balaban J connectivity index is 2.50. The Morgan fingerprint density at radius 3 is 2.22 bits per heavy atom. The monoisotopic (exact) mass is 462 g/mol. The molecule has 0 saturated carbocycles. The van der Waals surface area contributed by atoms with Crippen molar-refractivity contribution in [2.24, 2.45) is 5.92 Å². The summed E-state index contributed by atoms with van der Waals surface area (Å²) < 4.78 is 28.7. The van der Waals surface area contributed by atoms with Crippen LogP contribution in [-0.2, 0) is 26.2 Å². The summed E-state index contributed by atoms with van der Waals surface area (Å²) in [5.41, 5.74) is 3.38. The smallest absolute Gasteiger partial charge is 0.262 e. The topological polar surface area (TPSA) is 91.8 Å². The molecule has 1 aromatic heterocycles. The van der Waals surface area contributed by atoms with Crippen LogP contribution in [-0.4, -0.2) is 49.4 Å². The van der Waals surface area contributed by atoms with Gasteiger partial charge in [-0.3, -0.25) is 14.6 Å². The number of rotatable bonds is 9. The summed E-state index contributed by atoms with van der Waals surface area (Å²) in [6.45, 7) is 9.01. The fourth-order valence-electron chi connectivity index (χ4n) is 3.09. The number of sulfonamides is 1. The first-order valence-electron chi connectivity index (χ1n) is 10.5. The van der Waals surface area contributed by atoms with Gasteiger partial charge >= 0.3 is 0 Å². The van der Waals surface area contributed by atoms with Gasteiger partial charge in [-0.15, -0.1) is 0 Å². The standard InChI is InChI=1S/C23H34N4O4S/c1-17(2)21(22(28)25-31-23(3,4)5)27(16-18-9-8-14-24-15-18)32(29,30)20-12-10-19(11-13-20)26(6)7/h8-15,17,21H,16H2,1-7H3,(H,25,28)/t21-/m1/s1. The molecule has 2 rings (SSSR count). The zero-order valence-electron chi connectivity index (χ0n) is 19.9. The quantitative estimate of drug-likeness (QED) is 0.576. The molecule has 0 fully saturated rings. The van der Waals surface area contributed by atoms with Gasteiger partial charge in [0.25, 0.3) is 5.91 Å². The molecule has 176 valence electrons. The van der Waals surface area contributed by atoms with E-state index in [1.165, 1.54) is 4.31 Å². The first-order chi connectivity index (χ1) is 14.8. The fourth-order valence-corrected chi connectivity index (χ4v) is 4.79. The molecule has 0 saturated heterocycles. The van der Waals surface area contributed by atoms with Crippen LogP contribution in [0.1, 0.15) is 40.2 Å². The number of benzene rings is 1. The number of hydrogen-bond donors (Lipinski definition) is 1. The van der Waals surface area contributed by atoms with Crippen molar-refractivity contribution in [3.05, 3.63) is 54.4 Å². The molecule has 0 radical (unpaired) electrons. The van der Waals surface area contributed by atoms with E-state index in [9.17, 15) is 13.2 Å². The minimum Gasteiger partial charge on any atom is -0.378 e.